The second kappa shape index (κ2) is 5.13. The zero-order valence-electron chi connectivity index (χ0n) is 7.22. The topological polar surface area (TPSA) is 44.0 Å². The Morgan fingerprint density at radius 3 is 2.62 bits per heavy atom. The molecule has 13 heavy (non-hydrogen) atoms. The second-order valence-corrected chi connectivity index (χ2v) is 2.69. The zero-order valence-corrected chi connectivity index (χ0v) is 7.22. The molecule has 0 aliphatic heterocycles. The first-order valence-corrected chi connectivity index (χ1v) is 4.10. The number of aliphatic hydroxyl groups is 1. The van der Waals surface area contributed by atoms with Gasteiger partial charge in [0.1, 0.15) is 0 Å². The maximum atomic E-state index is 8.73. The van der Waals surface area contributed by atoms with Gasteiger partial charge in [-0.3, -0.25) is 0 Å². The van der Waals surface area contributed by atoms with Crippen molar-refractivity contribution in [1.82, 2.24) is 0 Å². The Morgan fingerprint density at radius 1 is 1.38 bits per heavy atom. The largest absolute Gasteiger partial charge is 0.395 e. The van der Waals surface area contributed by atoms with E-state index in [9.17, 15) is 0 Å². The summed E-state index contributed by atoms with van der Waals surface area (Å²) in [4.78, 5) is 0. The van der Waals surface area contributed by atoms with E-state index in [0.717, 1.165) is 5.56 Å². The summed E-state index contributed by atoms with van der Waals surface area (Å²) in [5, 5.41) is 17.3. The first-order chi connectivity index (χ1) is 6.36. The van der Waals surface area contributed by atoms with Gasteiger partial charge in [0.05, 0.1) is 18.6 Å². The van der Waals surface area contributed by atoms with Crippen LogP contribution in [0.5, 0.6) is 0 Å². The van der Waals surface area contributed by atoms with Crippen LogP contribution in [0.1, 0.15) is 5.56 Å². The van der Waals surface area contributed by atoms with Crippen molar-refractivity contribution < 1.29 is 5.11 Å². The summed E-state index contributed by atoms with van der Waals surface area (Å²) in [5.74, 6) is -0.403. The molecule has 66 valence electrons. The third-order valence-corrected chi connectivity index (χ3v) is 1.68. The van der Waals surface area contributed by atoms with E-state index in [0.29, 0.717) is 0 Å². The lowest BCUT2D eigenvalue weighted by molar-refractivity contribution is 0.277. The van der Waals surface area contributed by atoms with Gasteiger partial charge in [-0.1, -0.05) is 42.5 Å². The van der Waals surface area contributed by atoms with E-state index >= 15 is 0 Å². The molecule has 2 nitrogen and oxygen atoms in total. The minimum Gasteiger partial charge on any atom is -0.395 e. The molecule has 0 fully saturated rings. The van der Waals surface area contributed by atoms with Gasteiger partial charge in [0.15, 0.2) is 0 Å². The van der Waals surface area contributed by atoms with Gasteiger partial charge in [-0.15, -0.1) is 0 Å². The summed E-state index contributed by atoms with van der Waals surface area (Å²) in [6, 6.07) is 11.7. The van der Waals surface area contributed by atoms with Crippen LogP contribution in [0.15, 0.2) is 36.4 Å². The van der Waals surface area contributed by atoms with E-state index in [1.807, 2.05) is 42.5 Å². The Hall–Kier alpha value is -1.59. The van der Waals surface area contributed by atoms with Crippen molar-refractivity contribution in [3.8, 4) is 6.07 Å². The third-order valence-electron chi connectivity index (χ3n) is 1.68. The average molecular weight is 173 g/mol. The molecule has 0 aromatic heterocycles. The van der Waals surface area contributed by atoms with E-state index in [1.165, 1.54) is 0 Å². The summed E-state index contributed by atoms with van der Waals surface area (Å²) in [6.45, 7) is -0.125. The summed E-state index contributed by atoms with van der Waals surface area (Å²) < 4.78 is 0. The van der Waals surface area contributed by atoms with E-state index in [1.54, 1.807) is 6.08 Å². The molecule has 0 aliphatic rings. The lowest BCUT2D eigenvalue weighted by Crippen LogP contribution is -1.97. The maximum Gasteiger partial charge on any atom is 0.0877 e. The van der Waals surface area contributed by atoms with Crippen molar-refractivity contribution in [3.63, 3.8) is 0 Å². The van der Waals surface area contributed by atoms with Crippen molar-refractivity contribution in [2.75, 3.05) is 6.61 Å². The molecule has 1 rings (SSSR count). The first-order valence-electron chi connectivity index (χ1n) is 4.10. The molecule has 1 aromatic rings. The van der Waals surface area contributed by atoms with Crippen LogP contribution in [-0.4, -0.2) is 11.7 Å². The molecule has 0 radical (unpaired) electrons. The SMILES string of the molecule is N#CC(/C=C/c1ccccc1)CO. The van der Waals surface area contributed by atoms with Gasteiger partial charge in [-0.05, 0) is 5.56 Å². The highest BCUT2D eigenvalue weighted by Crippen LogP contribution is 2.04. The molecule has 0 aliphatic carbocycles. The Balaban J connectivity index is 2.64. The average Bonchev–Trinajstić information content (AvgIpc) is 2.21. The zero-order chi connectivity index (χ0) is 9.52. The minimum atomic E-state index is -0.403. The lowest BCUT2D eigenvalue weighted by atomic mass is 10.1. The quantitative estimate of drug-likeness (QED) is 0.757. The predicted molar refractivity (Wildman–Crippen MR) is 51.7 cm³/mol. The standard InChI is InChI=1S/C11H11NO/c12-8-11(9-13)7-6-10-4-2-1-3-5-10/h1-7,11,13H,9H2/b7-6+. The highest BCUT2D eigenvalue weighted by Gasteiger charge is 1.97. The first kappa shape index (κ1) is 9.50. The summed E-state index contributed by atoms with van der Waals surface area (Å²) in [6.07, 6.45) is 3.54. The molecule has 1 aromatic carbocycles. The summed E-state index contributed by atoms with van der Waals surface area (Å²) in [5.41, 5.74) is 1.04. The maximum absolute atomic E-state index is 8.73. The molecule has 1 N–H and O–H groups in total. The van der Waals surface area contributed by atoms with Crippen LogP contribution < -0.4 is 0 Å². The van der Waals surface area contributed by atoms with Gasteiger partial charge in [0.25, 0.3) is 0 Å². The van der Waals surface area contributed by atoms with E-state index in [4.69, 9.17) is 10.4 Å². The molecule has 1 unspecified atom stereocenters. The van der Waals surface area contributed by atoms with E-state index < -0.39 is 5.92 Å². The number of hydrogen-bond acceptors (Lipinski definition) is 2. The Morgan fingerprint density at radius 2 is 2.08 bits per heavy atom. The minimum absolute atomic E-state index is 0.125. The molecular weight excluding hydrogens is 162 g/mol. The fourth-order valence-electron chi connectivity index (χ4n) is 0.936. The smallest absolute Gasteiger partial charge is 0.0877 e. The van der Waals surface area contributed by atoms with Crippen LogP contribution in [0, 0.1) is 17.2 Å². The van der Waals surface area contributed by atoms with Crippen LogP contribution in [0.3, 0.4) is 0 Å². The molecule has 0 spiro atoms. The normalized spacial score (nSPS) is 12.6. The molecule has 0 saturated carbocycles. The fourth-order valence-corrected chi connectivity index (χ4v) is 0.936. The van der Waals surface area contributed by atoms with Crippen LogP contribution in [0.2, 0.25) is 0 Å². The van der Waals surface area contributed by atoms with Gasteiger partial charge < -0.3 is 5.11 Å². The number of aliphatic hydroxyl groups excluding tert-OH is 1. The lowest BCUT2D eigenvalue weighted by Gasteiger charge is -1.96. The van der Waals surface area contributed by atoms with Crippen molar-refractivity contribution >= 4 is 6.08 Å². The molecule has 0 heterocycles. The van der Waals surface area contributed by atoms with Gasteiger partial charge in [0.2, 0.25) is 0 Å². The van der Waals surface area contributed by atoms with Crippen molar-refractivity contribution in [2.24, 2.45) is 5.92 Å². The van der Waals surface area contributed by atoms with E-state index in [2.05, 4.69) is 0 Å². The molecule has 0 bridgehead atoms. The molecule has 0 amide bonds. The third kappa shape index (κ3) is 3.10. The molecule has 1 atom stereocenters. The van der Waals surface area contributed by atoms with Gasteiger partial charge >= 0.3 is 0 Å². The number of benzene rings is 1. The van der Waals surface area contributed by atoms with Gasteiger partial charge in [0, 0.05) is 0 Å². The molecule has 2 heteroatoms. The highest BCUT2D eigenvalue weighted by molar-refractivity contribution is 5.49. The van der Waals surface area contributed by atoms with Crippen LogP contribution >= 0.6 is 0 Å². The van der Waals surface area contributed by atoms with Gasteiger partial charge in [-0.25, -0.2) is 0 Å². The fraction of sp³-hybridized carbons (Fsp3) is 0.182. The second-order valence-electron chi connectivity index (χ2n) is 2.69. The van der Waals surface area contributed by atoms with Crippen LogP contribution in [0.4, 0.5) is 0 Å². The van der Waals surface area contributed by atoms with Crippen molar-refractivity contribution in [1.29, 1.82) is 5.26 Å². The Bertz CT molecular complexity index is 311. The Kier molecular flexibility index (Phi) is 3.74. The number of rotatable bonds is 3. The molecular formula is C11H11NO. The van der Waals surface area contributed by atoms with Gasteiger partial charge in [-0.2, -0.15) is 5.26 Å². The number of nitrogens with zero attached hydrogens (tertiary/aromatic N) is 1. The predicted octanol–water partition coefficient (Wildman–Crippen LogP) is 1.83. The summed E-state index contributed by atoms with van der Waals surface area (Å²) >= 11 is 0. The van der Waals surface area contributed by atoms with Crippen molar-refractivity contribution in [2.45, 2.75) is 0 Å². The van der Waals surface area contributed by atoms with Crippen LogP contribution in [0.25, 0.3) is 6.08 Å². The monoisotopic (exact) mass is 173 g/mol. The van der Waals surface area contributed by atoms with E-state index in [-0.39, 0.29) is 6.61 Å². The summed E-state index contributed by atoms with van der Waals surface area (Å²) in [7, 11) is 0. The molecule has 0 saturated heterocycles. The highest BCUT2D eigenvalue weighted by atomic mass is 16.3. The van der Waals surface area contributed by atoms with Crippen molar-refractivity contribution in [3.05, 3.63) is 42.0 Å². The number of nitriles is 1. The Labute approximate surface area is 77.8 Å². The van der Waals surface area contributed by atoms with Crippen LogP contribution in [-0.2, 0) is 0 Å². The number of hydrogen-bond donors (Lipinski definition) is 1.